The lowest BCUT2D eigenvalue weighted by molar-refractivity contribution is 0.0731. The second kappa shape index (κ2) is 7.29. The number of hydrogen-bond acceptors (Lipinski definition) is 2. The molecular formula is C14H30N2. The highest BCUT2D eigenvalue weighted by atomic mass is 15.1. The summed E-state index contributed by atoms with van der Waals surface area (Å²) < 4.78 is 0. The second-order valence-corrected chi connectivity index (χ2v) is 5.54. The molecule has 2 nitrogen and oxygen atoms in total. The van der Waals surface area contributed by atoms with Gasteiger partial charge in [0.25, 0.3) is 0 Å². The maximum Gasteiger partial charge on any atom is 0.00501 e. The van der Waals surface area contributed by atoms with Crippen LogP contribution in [0.15, 0.2) is 0 Å². The van der Waals surface area contributed by atoms with Gasteiger partial charge in [-0.2, -0.15) is 0 Å². The van der Waals surface area contributed by atoms with E-state index in [0.717, 1.165) is 6.54 Å². The van der Waals surface area contributed by atoms with Crippen LogP contribution in [0.4, 0.5) is 0 Å². The fourth-order valence-electron chi connectivity index (χ4n) is 2.61. The standard InChI is InChI=1S/C14H30N2/c1-3-5-10-16(11-6-4-2)13-14(12-15)8-7-9-14/h3-13,15H2,1-2H3. The van der Waals surface area contributed by atoms with Gasteiger partial charge >= 0.3 is 0 Å². The van der Waals surface area contributed by atoms with E-state index >= 15 is 0 Å². The van der Waals surface area contributed by atoms with E-state index in [0.29, 0.717) is 5.41 Å². The third-order valence-corrected chi connectivity index (χ3v) is 4.06. The van der Waals surface area contributed by atoms with Gasteiger partial charge in [0.2, 0.25) is 0 Å². The molecule has 16 heavy (non-hydrogen) atoms. The number of nitrogens with two attached hydrogens (primary N) is 1. The zero-order valence-corrected chi connectivity index (χ0v) is 11.3. The summed E-state index contributed by atoms with van der Waals surface area (Å²) in [5, 5.41) is 0. The topological polar surface area (TPSA) is 29.3 Å². The molecule has 96 valence electrons. The van der Waals surface area contributed by atoms with Gasteiger partial charge in [-0.25, -0.2) is 0 Å². The first-order valence-electron chi connectivity index (χ1n) is 7.19. The summed E-state index contributed by atoms with van der Waals surface area (Å²) in [6.07, 6.45) is 9.40. The van der Waals surface area contributed by atoms with E-state index in [2.05, 4.69) is 18.7 Å². The van der Waals surface area contributed by atoms with Crippen LogP contribution in [0, 0.1) is 5.41 Å². The number of nitrogens with zero attached hydrogens (tertiary/aromatic N) is 1. The van der Waals surface area contributed by atoms with Gasteiger partial charge in [-0.1, -0.05) is 33.1 Å². The van der Waals surface area contributed by atoms with Crippen molar-refractivity contribution < 1.29 is 0 Å². The van der Waals surface area contributed by atoms with Gasteiger partial charge in [-0.15, -0.1) is 0 Å². The predicted octanol–water partition coefficient (Wildman–Crippen LogP) is 3.02. The molecule has 1 aliphatic rings. The van der Waals surface area contributed by atoms with Crippen LogP contribution in [0.1, 0.15) is 58.8 Å². The zero-order valence-electron chi connectivity index (χ0n) is 11.3. The molecule has 1 rings (SSSR count). The minimum absolute atomic E-state index is 0.488. The van der Waals surface area contributed by atoms with E-state index in [1.54, 1.807) is 0 Å². The maximum absolute atomic E-state index is 5.95. The lowest BCUT2D eigenvalue weighted by Crippen LogP contribution is -2.47. The van der Waals surface area contributed by atoms with Crippen LogP contribution >= 0.6 is 0 Å². The Kier molecular flexibility index (Phi) is 6.37. The molecule has 0 heterocycles. The van der Waals surface area contributed by atoms with Gasteiger partial charge in [0.15, 0.2) is 0 Å². The Hall–Kier alpha value is -0.0800. The van der Waals surface area contributed by atoms with Gasteiger partial charge in [0.05, 0.1) is 0 Å². The molecule has 1 aliphatic carbocycles. The van der Waals surface area contributed by atoms with Gasteiger partial charge in [0.1, 0.15) is 0 Å². The quantitative estimate of drug-likeness (QED) is 0.655. The maximum atomic E-state index is 5.95. The van der Waals surface area contributed by atoms with Crippen molar-refractivity contribution in [2.45, 2.75) is 58.8 Å². The smallest absolute Gasteiger partial charge is 0.00501 e. The largest absolute Gasteiger partial charge is 0.330 e. The molecule has 0 aromatic rings. The summed E-state index contributed by atoms with van der Waals surface area (Å²) in [5.41, 5.74) is 6.44. The Balaban J connectivity index is 2.34. The van der Waals surface area contributed by atoms with Crippen LogP contribution < -0.4 is 5.73 Å². The fraction of sp³-hybridized carbons (Fsp3) is 1.00. The van der Waals surface area contributed by atoms with Crippen molar-refractivity contribution in [3.8, 4) is 0 Å². The summed E-state index contributed by atoms with van der Waals surface area (Å²) in [4.78, 5) is 2.67. The van der Waals surface area contributed by atoms with Crippen molar-refractivity contribution in [3.05, 3.63) is 0 Å². The first-order valence-corrected chi connectivity index (χ1v) is 7.19. The Labute approximate surface area is 102 Å². The van der Waals surface area contributed by atoms with E-state index in [9.17, 15) is 0 Å². The molecule has 0 saturated heterocycles. The average Bonchev–Trinajstić information content (AvgIpc) is 2.26. The second-order valence-electron chi connectivity index (χ2n) is 5.54. The van der Waals surface area contributed by atoms with E-state index in [4.69, 9.17) is 5.73 Å². The van der Waals surface area contributed by atoms with Crippen LogP contribution in [0.3, 0.4) is 0 Å². The van der Waals surface area contributed by atoms with Crippen LogP contribution in [0.2, 0.25) is 0 Å². The molecule has 0 atom stereocenters. The summed E-state index contributed by atoms with van der Waals surface area (Å²) in [7, 11) is 0. The molecule has 0 aromatic heterocycles. The number of rotatable bonds is 9. The minimum atomic E-state index is 0.488. The predicted molar refractivity (Wildman–Crippen MR) is 71.6 cm³/mol. The fourth-order valence-corrected chi connectivity index (χ4v) is 2.61. The molecule has 0 bridgehead atoms. The summed E-state index contributed by atoms with van der Waals surface area (Å²) in [5.74, 6) is 0. The van der Waals surface area contributed by atoms with Crippen LogP contribution in [0.5, 0.6) is 0 Å². The molecule has 0 aromatic carbocycles. The molecule has 2 N–H and O–H groups in total. The summed E-state index contributed by atoms with van der Waals surface area (Å²) in [6, 6.07) is 0. The Morgan fingerprint density at radius 2 is 1.62 bits per heavy atom. The summed E-state index contributed by atoms with van der Waals surface area (Å²) >= 11 is 0. The van der Waals surface area contributed by atoms with Crippen LogP contribution in [-0.2, 0) is 0 Å². The Morgan fingerprint density at radius 3 is 1.94 bits per heavy atom. The van der Waals surface area contributed by atoms with Gasteiger partial charge in [-0.05, 0) is 50.7 Å². The number of unbranched alkanes of at least 4 members (excludes halogenated alkanes) is 2. The first kappa shape index (κ1) is 14.0. The number of hydrogen-bond donors (Lipinski definition) is 1. The molecule has 0 spiro atoms. The van der Waals surface area contributed by atoms with E-state index < -0.39 is 0 Å². The van der Waals surface area contributed by atoms with Crippen molar-refractivity contribution in [2.75, 3.05) is 26.2 Å². The monoisotopic (exact) mass is 226 g/mol. The summed E-state index contributed by atoms with van der Waals surface area (Å²) in [6.45, 7) is 9.25. The van der Waals surface area contributed by atoms with E-state index in [1.807, 2.05) is 0 Å². The third kappa shape index (κ3) is 4.06. The van der Waals surface area contributed by atoms with Crippen molar-refractivity contribution >= 4 is 0 Å². The Bertz CT molecular complexity index is 162. The van der Waals surface area contributed by atoms with Crippen molar-refractivity contribution in [2.24, 2.45) is 11.1 Å². The lowest BCUT2D eigenvalue weighted by atomic mass is 9.68. The molecule has 2 heteroatoms. The van der Waals surface area contributed by atoms with E-state index in [-0.39, 0.29) is 0 Å². The van der Waals surface area contributed by atoms with Gasteiger partial charge in [0, 0.05) is 6.54 Å². The van der Waals surface area contributed by atoms with Crippen molar-refractivity contribution in [1.82, 2.24) is 4.90 Å². The molecule has 0 radical (unpaired) electrons. The van der Waals surface area contributed by atoms with Crippen LogP contribution in [-0.4, -0.2) is 31.1 Å². The Morgan fingerprint density at radius 1 is 1.06 bits per heavy atom. The SMILES string of the molecule is CCCCN(CCCC)CC1(CN)CCC1. The van der Waals surface area contributed by atoms with Gasteiger partial charge < -0.3 is 10.6 Å². The molecule has 1 fully saturated rings. The first-order chi connectivity index (χ1) is 7.76. The lowest BCUT2D eigenvalue weighted by Gasteiger charge is -2.44. The normalized spacial score (nSPS) is 18.8. The minimum Gasteiger partial charge on any atom is -0.330 e. The molecule has 0 aliphatic heterocycles. The van der Waals surface area contributed by atoms with Crippen LogP contribution in [0.25, 0.3) is 0 Å². The van der Waals surface area contributed by atoms with Gasteiger partial charge in [-0.3, -0.25) is 0 Å². The highest BCUT2D eigenvalue weighted by molar-refractivity contribution is 4.91. The average molecular weight is 226 g/mol. The van der Waals surface area contributed by atoms with E-state index in [1.165, 1.54) is 64.6 Å². The zero-order chi connectivity index (χ0) is 11.9. The molecule has 1 saturated carbocycles. The molecule has 0 unspecified atom stereocenters. The highest BCUT2D eigenvalue weighted by Gasteiger charge is 2.36. The molecule has 0 amide bonds. The van der Waals surface area contributed by atoms with Crippen molar-refractivity contribution in [3.63, 3.8) is 0 Å². The third-order valence-electron chi connectivity index (χ3n) is 4.06. The highest BCUT2D eigenvalue weighted by Crippen LogP contribution is 2.40. The molecular weight excluding hydrogens is 196 g/mol. The van der Waals surface area contributed by atoms with Crippen molar-refractivity contribution in [1.29, 1.82) is 0 Å².